The van der Waals surface area contributed by atoms with Crippen LogP contribution in [0, 0.1) is 0 Å². The lowest BCUT2D eigenvalue weighted by molar-refractivity contribution is 0.0892. The summed E-state index contributed by atoms with van der Waals surface area (Å²) in [5.74, 6) is -0.105. The smallest absolute Gasteiger partial charge is 0.251 e. The van der Waals surface area contributed by atoms with E-state index in [1.54, 1.807) is 0 Å². The van der Waals surface area contributed by atoms with Crippen LogP contribution in [0.3, 0.4) is 0 Å². The molecule has 0 saturated carbocycles. The molecule has 0 spiro atoms. The topological polar surface area (TPSA) is 52.6 Å². The van der Waals surface area contributed by atoms with Crippen molar-refractivity contribution in [2.75, 3.05) is 19.6 Å². The Morgan fingerprint density at radius 2 is 1.67 bits per heavy atom. The second kappa shape index (κ2) is 9.70. The van der Waals surface area contributed by atoms with Crippen LogP contribution in [-0.2, 0) is 13.0 Å². The molecule has 1 amide bonds. The van der Waals surface area contributed by atoms with Gasteiger partial charge >= 0.3 is 0 Å². The molecule has 0 saturated heterocycles. The van der Waals surface area contributed by atoms with Crippen molar-refractivity contribution in [3.05, 3.63) is 95.6 Å². The highest BCUT2D eigenvalue weighted by Gasteiger charge is 2.18. The first kappa shape index (κ1) is 20.3. The van der Waals surface area contributed by atoms with Crippen LogP contribution in [0.1, 0.15) is 27.9 Å². The van der Waals surface area contributed by atoms with Gasteiger partial charge < -0.3 is 10.4 Å². The fourth-order valence-corrected chi connectivity index (χ4v) is 4.02. The Labute approximate surface area is 178 Å². The van der Waals surface area contributed by atoms with E-state index in [1.165, 1.54) is 11.1 Å². The van der Waals surface area contributed by atoms with Crippen molar-refractivity contribution < 1.29 is 9.90 Å². The van der Waals surface area contributed by atoms with Crippen molar-refractivity contribution in [3.8, 4) is 11.1 Å². The van der Waals surface area contributed by atoms with Gasteiger partial charge in [-0.05, 0) is 47.2 Å². The summed E-state index contributed by atoms with van der Waals surface area (Å²) in [4.78, 5) is 14.8. The number of aliphatic hydroxyl groups is 1. The molecule has 1 aliphatic rings. The highest BCUT2D eigenvalue weighted by molar-refractivity contribution is 5.95. The van der Waals surface area contributed by atoms with E-state index in [0.717, 1.165) is 30.6 Å². The maximum atomic E-state index is 12.5. The van der Waals surface area contributed by atoms with Gasteiger partial charge in [0.15, 0.2) is 0 Å². The summed E-state index contributed by atoms with van der Waals surface area (Å²) in [6, 6.07) is 26.2. The Kier molecular flexibility index (Phi) is 6.57. The van der Waals surface area contributed by atoms with Gasteiger partial charge in [0.25, 0.3) is 5.91 Å². The third kappa shape index (κ3) is 5.15. The molecule has 1 aliphatic heterocycles. The van der Waals surface area contributed by atoms with Crippen LogP contribution in [-0.4, -0.2) is 41.7 Å². The molecule has 0 radical (unpaired) electrons. The number of amides is 1. The Balaban J connectivity index is 1.25. The maximum Gasteiger partial charge on any atom is 0.251 e. The van der Waals surface area contributed by atoms with Crippen LogP contribution >= 0.6 is 0 Å². The number of fused-ring (bicyclic) bond motifs is 1. The van der Waals surface area contributed by atoms with E-state index in [0.29, 0.717) is 25.1 Å². The fraction of sp³-hybridized carbons (Fsp3) is 0.269. The minimum absolute atomic E-state index is 0.105. The van der Waals surface area contributed by atoms with Crippen molar-refractivity contribution in [3.63, 3.8) is 0 Å². The summed E-state index contributed by atoms with van der Waals surface area (Å²) in [6.45, 7) is 2.94. The fourth-order valence-electron chi connectivity index (χ4n) is 4.02. The highest BCUT2D eigenvalue weighted by Crippen LogP contribution is 2.20. The summed E-state index contributed by atoms with van der Waals surface area (Å²) in [7, 11) is 0. The molecule has 0 aliphatic carbocycles. The Hall–Kier alpha value is -2.95. The molecule has 154 valence electrons. The van der Waals surface area contributed by atoms with Crippen molar-refractivity contribution in [1.82, 2.24) is 10.2 Å². The molecule has 30 heavy (non-hydrogen) atoms. The van der Waals surface area contributed by atoms with Crippen molar-refractivity contribution in [2.45, 2.75) is 25.5 Å². The molecule has 1 unspecified atom stereocenters. The van der Waals surface area contributed by atoms with E-state index in [4.69, 9.17) is 0 Å². The molecule has 4 nitrogen and oxygen atoms in total. The third-order valence-electron chi connectivity index (χ3n) is 5.67. The van der Waals surface area contributed by atoms with E-state index >= 15 is 0 Å². The van der Waals surface area contributed by atoms with Crippen LogP contribution in [0.25, 0.3) is 11.1 Å². The van der Waals surface area contributed by atoms with E-state index < -0.39 is 6.10 Å². The highest BCUT2D eigenvalue weighted by atomic mass is 16.3. The van der Waals surface area contributed by atoms with Crippen LogP contribution in [0.15, 0.2) is 78.9 Å². The first-order chi connectivity index (χ1) is 14.7. The molecule has 0 aromatic heterocycles. The SMILES string of the molecule is O=C(NCCC(O)CN1CCc2ccccc2C1)c1cccc(-c2ccccc2)c1. The maximum absolute atomic E-state index is 12.5. The minimum atomic E-state index is -0.453. The number of hydrogen-bond acceptors (Lipinski definition) is 3. The molecular formula is C26H28N2O2. The van der Waals surface area contributed by atoms with Gasteiger partial charge in [0, 0.05) is 31.7 Å². The standard InChI is InChI=1S/C26H28N2O2/c29-25(19-28-16-14-21-9-4-5-10-24(21)18-28)13-15-27-26(30)23-12-6-11-22(17-23)20-7-2-1-3-8-20/h1-12,17,25,29H,13-16,18-19H2,(H,27,30). The molecule has 1 atom stereocenters. The molecule has 3 aromatic carbocycles. The molecule has 1 heterocycles. The molecule has 4 heteroatoms. The van der Waals surface area contributed by atoms with Gasteiger partial charge in [0.1, 0.15) is 0 Å². The largest absolute Gasteiger partial charge is 0.392 e. The first-order valence-corrected chi connectivity index (χ1v) is 10.6. The Morgan fingerprint density at radius 1 is 0.933 bits per heavy atom. The third-order valence-corrected chi connectivity index (χ3v) is 5.67. The lowest BCUT2D eigenvalue weighted by Gasteiger charge is -2.30. The second-order valence-electron chi connectivity index (χ2n) is 7.90. The zero-order chi connectivity index (χ0) is 20.8. The number of β-amino-alcohol motifs (C(OH)–C–C–N with tert-alkyl or cyclic N) is 1. The summed E-state index contributed by atoms with van der Waals surface area (Å²) in [5.41, 5.74) is 5.51. The predicted octanol–water partition coefficient (Wildman–Crippen LogP) is 3.89. The Bertz CT molecular complexity index is 987. The number of benzene rings is 3. The van der Waals surface area contributed by atoms with Crippen LogP contribution in [0.2, 0.25) is 0 Å². The molecule has 3 aromatic rings. The number of aliphatic hydroxyl groups excluding tert-OH is 1. The van der Waals surface area contributed by atoms with E-state index in [1.807, 2.05) is 54.6 Å². The number of nitrogens with one attached hydrogen (secondary N) is 1. The average Bonchev–Trinajstić information content (AvgIpc) is 2.79. The molecule has 4 rings (SSSR count). The van der Waals surface area contributed by atoms with Gasteiger partial charge in [-0.15, -0.1) is 0 Å². The van der Waals surface area contributed by atoms with Crippen molar-refractivity contribution in [1.29, 1.82) is 0 Å². The number of carbonyl (C=O) groups excluding carboxylic acids is 1. The predicted molar refractivity (Wildman–Crippen MR) is 120 cm³/mol. The van der Waals surface area contributed by atoms with Gasteiger partial charge in [-0.2, -0.15) is 0 Å². The first-order valence-electron chi connectivity index (χ1n) is 10.6. The van der Waals surface area contributed by atoms with Gasteiger partial charge in [0.2, 0.25) is 0 Å². The van der Waals surface area contributed by atoms with Gasteiger partial charge in [-0.3, -0.25) is 9.69 Å². The van der Waals surface area contributed by atoms with Gasteiger partial charge in [-0.25, -0.2) is 0 Å². The molecule has 0 bridgehead atoms. The quantitative estimate of drug-likeness (QED) is 0.633. The van der Waals surface area contributed by atoms with Crippen LogP contribution < -0.4 is 5.32 Å². The normalized spacial score (nSPS) is 14.7. The number of nitrogens with zero attached hydrogens (tertiary/aromatic N) is 1. The molecule has 2 N–H and O–H groups in total. The Morgan fingerprint density at radius 3 is 2.50 bits per heavy atom. The summed E-state index contributed by atoms with van der Waals surface area (Å²) < 4.78 is 0. The van der Waals surface area contributed by atoms with Gasteiger partial charge in [0.05, 0.1) is 6.10 Å². The molecular weight excluding hydrogens is 372 g/mol. The van der Waals surface area contributed by atoms with Gasteiger partial charge in [-0.1, -0.05) is 66.7 Å². The van der Waals surface area contributed by atoms with E-state index in [9.17, 15) is 9.90 Å². The number of hydrogen-bond donors (Lipinski definition) is 2. The minimum Gasteiger partial charge on any atom is -0.392 e. The average molecular weight is 401 g/mol. The lowest BCUT2D eigenvalue weighted by Crippen LogP contribution is -2.38. The van der Waals surface area contributed by atoms with Crippen LogP contribution in [0.4, 0.5) is 0 Å². The molecule has 0 fully saturated rings. The van der Waals surface area contributed by atoms with Crippen molar-refractivity contribution >= 4 is 5.91 Å². The second-order valence-corrected chi connectivity index (χ2v) is 7.90. The zero-order valence-corrected chi connectivity index (χ0v) is 17.1. The van der Waals surface area contributed by atoms with Crippen LogP contribution in [0.5, 0.6) is 0 Å². The van der Waals surface area contributed by atoms with E-state index in [-0.39, 0.29) is 5.91 Å². The monoisotopic (exact) mass is 400 g/mol. The summed E-state index contributed by atoms with van der Waals surface area (Å²) in [5, 5.41) is 13.4. The lowest BCUT2D eigenvalue weighted by atomic mass is 9.99. The summed E-state index contributed by atoms with van der Waals surface area (Å²) >= 11 is 0. The number of carbonyl (C=O) groups is 1. The summed E-state index contributed by atoms with van der Waals surface area (Å²) in [6.07, 6.45) is 1.12. The number of rotatable bonds is 7. The van der Waals surface area contributed by atoms with Crippen molar-refractivity contribution in [2.24, 2.45) is 0 Å². The zero-order valence-electron chi connectivity index (χ0n) is 17.1. The van der Waals surface area contributed by atoms with E-state index in [2.05, 4.69) is 34.5 Å².